The lowest BCUT2D eigenvalue weighted by Gasteiger charge is -2.39. The van der Waals surface area contributed by atoms with Gasteiger partial charge in [-0.15, -0.1) is 0 Å². The quantitative estimate of drug-likeness (QED) is 0.340. The molecule has 0 bridgehead atoms. The maximum atomic E-state index is 6.62. The lowest BCUT2D eigenvalue weighted by molar-refractivity contribution is 0.260. The molecule has 1 unspecified atom stereocenters. The molecule has 0 saturated heterocycles. The smallest absolute Gasteiger partial charge is 0.322 e. The highest BCUT2D eigenvalue weighted by Crippen LogP contribution is 2.25. The van der Waals surface area contributed by atoms with Gasteiger partial charge in [0.05, 0.1) is 8.80 Å². The fourth-order valence-corrected chi connectivity index (χ4v) is 17.3. The highest BCUT2D eigenvalue weighted by Gasteiger charge is 2.42. The zero-order chi connectivity index (χ0) is 18.9. The van der Waals surface area contributed by atoms with Crippen LogP contribution in [0.15, 0.2) is 0 Å². The minimum Gasteiger partial charge on any atom is -0.437 e. The van der Waals surface area contributed by atoms with Crippen molar-refractivity contribution < 1.29 is 12.7 Å². The standard InChI is InChI=1S/C15H42N2O3Si4/c1-21(2)15-18-23(6,7)20-24(8,19-22(3,4)5)14-10-13-17-12-9-11-16/h17,21H,9-16H2,1-8H3. The van der Waals surface area contributed by atoms with E-state index in [1.165, 1.54) is 0 Å². The number of nitrogens with two attached hydrogens (primary N) is 1. The van der Waals surface area contributed by atoms with Crippen molar-refractivity contribution in [3.05, 3.63) is 0 Å². The van der Waals surface area contributed by atoms with Gasteiger partial charge in [0.15, 0.2) is 8.32 Å². The van der Waals surface area contributed by atoms with Gasteiger partial charge < -0.3 is 23.7 Å². The first-order valence-electron chi connectivity index (χ1n) is 9.34. The minimum atomic E-state index is -2.21. The summed E-state index contributed by atoms with van der Waals surface area (Å²) in [6, 6.07) is 1.02. The number of nitrogens with one attached hydrogen (secondary N) is 1. The summed E-state index contributed by atoms with van der Waals surface area (Å²) in [4.78, 5) is 0. The van der Waals surface area contributed by atoms with Crippen LogP contribution >= 0.6 is 0 Å². The molecule has 0 aromatic rings. The van der Waals surface area contributed by atoms with E-state index in [1.54, 1.807) is 0 Å². The summed E-state index contributed by atoms with van der Waals surface area (Å²) < 4.78 is 19.4. The van der Waals surface area contributed by atoms with Crippen molar-refractivity contribution in [2.24, 2.45) is 5.73 Å². The third kappa shape index (κ3) is 13.9. The van der Waals surface area contributed by atoms with Crippen molar-refractivity contribution in [1.82, 2.24) is 5.32 Å². The third-order valence-electron chi connectivity index (χ3n) is 3.29. The van der Waals surface area contributed by atoms with E-state index in [0.717, 1.165) is 44.8 Å². The van der Waals surface area contributed by atoms with Gasteiger partial charge in [-0.25, -0.2) is 0 Å². The lowest BCUT2D eigenvalue weighted by atomic mass is 10.4. The number of hydrogen-bond donors (Lipinski definition) is 2. The molecule has 9 heteroatoms. The van der Waals surface area contributed by atoms with Gasteiger partial charge in [-0.1, -0.05) is 13.1 Å². The van der Waals surface area contributed by atoms with Gasteiger partial charge in [0.2, 0.25) is 0 Å². The van der Waals surface area contributed by atoms with Gasteiger partial charge in [0, 0.05) is 6.23 Å². The molecule has 0 aromatic heterocycles. The van der Waals surface area contributed by atoms with E-state index in [4.69, 9.17) is 18.4 Å². The predicted molar refractivity (Wildman–Crippen MR) is 115 cm³/mol. The molecule has 3 N–H and O–H groups in total. The van der Waals surface area contributed by atoms with Crippen molar-refractivity contribution in [1.29, 1.82) is 0 Å². The first kappa shape index (κ1) is 24.7. The van der Waals surface area contributed by atoms with Crippen LogP contribution in [0.25, 0.3) is 0 Å². The number of hydrogen-bond acceptors (Lipinski definition) is 5. The molecule has 0 radical (unpaired) electrons. The predicted octanol–water partition coefficient (Wildman–Crippen LogP) is 3.00. The van der Waals surface area contributed by atoms with Gasteiger partial charge in [-0.2, -0.15) is 0 Å². The Bertz CT molecular complexity index is 341. The molecule has 0 aliphatic rings. The second-order valence-corrected chi connectivity index (χ2v) is 23.4. The van der Waals surface area contributed by atoms with E-state index in [0.29, 0.717) is 0 Å². The van der Waals surface area contributed by atoms with E-state index in [-0.39, 0.29) is 0 Å². The SMILES string of the molecule is C[SiH](C)CO[Si](C)(C)O[Si](C)(CCCNCCCN)O[Si](C)(C)C. The molecular weight excluding hydrogens is 369 g/mol. The van der Waals surface area contributed by atoms with Gasteiger partial charge in [-0.3, -0.25) is 0 Å². The molecule has 0 aliphatic carbocycles. The van der Waals surface area contributed by atoms with Gasteiger partial charge >= 0.3 is 17.1 Å². The van der Waals surface area contributed by atoms with Crippen LogP contribution in [0.4, 0.5) is 0 Å². The summed E-state index contributed by atoms with van der Waals surface area (Å²) in [5.41, 5.74) is 5.53. The second kappa shape index (κ2) is 11.4. The highest BCUT2D eigenvalue weighted by atomic mass is 28.5. The topological polar surface area (TPSA) is 65.7 Å². The van der Waals surface area contributed by atoms with E-state index in [1.807, 2.05) is 0 Å². The van der Waals surface area contributed by atoms with Gasteiger partial charge in [0.1, 0.15) is 0 Å². The average molecular weight is 411 g/mol. The largest absolute Gasteiger partial charge is 0.437 e. The average Bonchev–Trinajstić information content (AvgIpc) is 2.38. The molecule has 0 amide bonds. The maximum Gasteiger partial charge on any atom is 0.322 e. The van der Waals surface area contributed by atoms with Crippen molar-refractivity contribution in [3.63, 3.8) is 0 Å². The van der Waals surface area contributed by atoms with Crippen LogP contribution in [0.3, 0.4) is 0 Å². The Kier molecular flexibility index (Phi) is 11.7. The normalized spacial score (nSPS) is 15.8. The van der Waals surface area contributed by atoms with Crippen LogP contribution in [0.1, 0.15) is 12.8 Å². The lowest BCUT2D eigenvalue weighted by Crippen LogP contribution is -2.55. The molecule has 146 valence electrons. The second-order valence-electron chi connectivity index (χ2n) is 8.55. The van der Waals surface area contributed by atoms with Crippen LogP contribution in [0.5, 0.6) is 0 Å². The van der Waals surface area contributed by atoms with Crippen LogP contribution in [0, 0.1) is 0 Å². The molecule has 0 aromatic carbocycles. The summed E-state index contributed by atoms with van der Waals surface area (Å²) in [6.07, 6.45) is 3.02. The first-order chi connectivity index (χ1) is 10.9. The summed E-state index contributed by atoms with van der Waals surface area (Å²) in [5, 5.41) is 3.45. The molecule has 0 aliphatic heterocycles. The monoisotopic (exact) mass is 410 g/mol. The Morgan fingerprint density at radius 1 is 0.917 bits per heavy atom. The summed E-state index contributed by atoms with van der Waals surface area (Å²) in [7, 11) is -6.70. The van der Waals surface area contributed by atoms with Crippen LogP contribution in [0.2, 0.25) is 58.4 Å². The Hall–Kier alpha value is 0.668. The molecule has 0 heterocycles. The van der Waals surface area contributed by atoms with E-state index in [9.17, 15) is 0 Å². The maximum absolute atomic E-state index is 6.62. The molecule has 24 heavy (non-hydrogen) atoms. The Labute approximate surface area is 155 Å². The summed E-state index contributed by atoms with van der Waals surface area (Å²) >= 11 is 0. The molecule has 0 spiro atoms. The molecule has 0 saturated carbocycles. The zero-order valence-corrected chi connectivity index (χ0v) is 21.5. The first-order valence-corrected chi connectivity index (χ1v) is 21.2. The minimum absolute atomic E-state index is 0.724. The van der Waals surface area contributed by atoms with Crippen LogP contribution in [-0.4, -0.2) is 60.1 Å². The van der Waals surface area contributed by atoms with E-state index < -0.39 is 34.2 Å². The van der Waals surface area contributed by atoms with Crippen molar-refractivity contribution in [2.45, 2.75) is 71.3 Å². The molecule has 5 nitrogen and oxygen atoms in total. The Balaban J connectivity index is 4.64. The fraction of sp³-hybridized carbons (Fsp3) is 1.00. The Morgan fingerprint density at radius 2 is 1.50 bits per heavy atom. The molecular formula is C15H42N2O3Si4. The molecule has 0 rings (SSSR count). The van der Waals surface area contributed by atoms with E-state index in [2.05, 4.69) is 57.7 Å². The third-order valence-corrected chi connectivity index (χ3v) is 14.5. The zero-order valence-electron chi connectivity index (χ0n) is 17.3. The van der Waals surface area contributed by atoms with Gasteiger partial charge in [-0.05, 0) is 77.8 Å². The summed E-state index contributed by atoms with van der Waals surface area (Å²) in [5.74, 6) is 0. The van der Waals surface area contributed by atoms with Crippen molar-refractivity contribution in [3.8, 4) is 0 Å². The molecule has 0 fully saturated rings. The van der Waals surface area contributed by atoms with Crippen LogP contribution in [-0.2, 0) is 12.7 Å². The molecule has 1 atom stereocenters. The van der Waals surface area contributed by atoms with Crippen molar-refractivity contribution in [2.75, 3.05) is 25.9 Å². The van der Waals surface area contributed by atoms with Crippen molar-refractivity contribution >= 4 is 34.2 Å². The number of rotatable bonds is 14. The van der Waals surface area contributed by atoms with Crippen LogP contribution < -0.4 is 11.1 Å². The van der Waals surface area contributed by atoms with Gasteiger partial charge in [0.25, 0.3) is 0 Å². The fourth-order valence-electron chi connectivity index (χ4n) is 2.57. The highest BCUT2D eigenvalue weighted by molar-refractivity contribution is 6.86. The Morgan fingerprint density at radius 3 is 2.00 bits per heavy atom. The van der Waals surface area contributed by atoms with E-state index >= 15 is 0 Å². The summed E-state index contributed by atoms with van der Waals surface area (Å²) in [6.45, 7) is 20.7.